The molecular weight excluding hydrogens is 346 g/mol. The molecule has 0 unspecified atom stereocenters. The van der Waals surface area contributed by atoms with Crippen molar-refractivity contribution in [2.45, 2.75) is 18.7 Å². The first-order chi connectivity index (χ1) is 11.7. The Labute approximate surface area is 145 Å². The van der Waals surface area contributed by atoms with Crippen molar-refractivity contribution in [3.63, 3.8) is 0 Å². The lowest BCUT2D eigenvalue weighted by Crippen LogP contribution is -2.14. The van der Waals surface area contributed by atoms with Gasteiger partial charge in [-0.25, -0.2) is 18.0 Å². The Morgan fingerprint density at radius 3 is 2.32 bits per heavy atom. The van der Waals surface area contributed by atoms with E-state index in [0.29, 0.717) is 11.1 Å². The van der Waals surface area contributed by atoms with Gasteiger partial charge in [-0.3, -0.25) is 4.72 Å². The lowest BCUT2D eigenvalue weighted by molar-refractivity contribution is 0.0526. The van der Waals surface area contributed by atoms with Gasteiger partial charge in [-0.15, -0.1) is 0 Å². The summed E-state index contributed by atoms with van der Waals surface area (Å²) in [7, 11) is -3.96. The van der Waals surface area contributed by atoms with E-state index in [2.05, 4.69) is 4.72 Å². The number of carbonyl (C=O) groups is 2. The van der Waals surface area contributed by atoms with Crippen molar-refractivity contribution in [1.29, 1.82) is 0 Å². The van der Waals surface area contributed by atoms with Crippen LogP contribution in [0.15, 0.2) is 47.4 Å². The summed E-state index contributed by atoms with van der Waals surface area (Å²) in [5.41, 5.74) is 0.921. The van der Waals surface area contributed by atoms with E-state index < -0.39 is 22.0 Å². The molecule has 0 fully saturated rings. The van der Waals surface area contributed by atoms with Gasteiger partial charge in [0.05, 0.1) is 22.6 Å². The van der Waals surface area contributed by atoms with Crippen LogP contribution in [0.1, 0.15) is 33.2 Å². The summed E-state index contributed by atoms with van der Waals surface area (Å²) < 4.78 is 32.0. The predicted octanol–water partition coefficient (Wildman–Crippen LogP) is 2.67. The van der Waals surface area contributed by atoms with Crippen LogP contribution in [0.4, 0.5) is 5.69 Å². The minimum Gasteiger partial charge on any atom is -0.478 e. The molecule has 25 heavy (non-hydrogen) atoms. The lowest BCUT2D eigenvalue weighted by Gasteiger charge is -2.10. The fourth-order valence-corrected chi connectivity index (χ4v) is 3.19. The number of carboxylic acid groups (broad SMARTS) is 1. The quantitative estimate of drug-likeness (QED) is 0.764. The maximum atomic E-state index is 12.4. The van der Waals surface area contributed by atoms with Gasteiger partial charge in [-0.1, -0.05) is 6.07 Å². The van der Waals surface area contributed by atoms with Crippen LogP contribution in [0.25, 0.3) is 0 Å². The van der Waals surface area contributed by atoms with Crippen LogP contribution < -0.4 is 4.72 Å². The monoisotopic (exact) mass is 363 g/mol. The largest absolute Gasteiger partial charge is 0.478 e. The van der Waals surface area contributed by atoms with Crippen LogP contribution in [0.2, 0.25) is 0 Å². The molecule has 0 saturated heterocycles. The highest BCUT2D eigenvalue weighted by Gasteiger charge is 2.18. The van der Waals surface area contributed by atoms with Gasteiger partial charge in [0.15, 0.2) is 0 Å². The Bertz CT molecular complexity index is 903. The second-order valence-electron chi connectivity index (χ2n) is 5.19. The summed E-state index contributed by atoms with van der Waals surface area (Å²) in [6.45, 7) is 3.52. The first-order valence-electron chi connectivity index (χ1n) is 7.38. The SMILES string of the molecule is CCOC(=O)c1ccc(NS(=O)(=O)c2ccc(C)c(C(=O)O)c2)cc1. The summed E-state index contributed by atoms with van der Waals surface area (Å²) in [5, 5.41) is 9.11. The molecular formula is C17H17NO6S. The topological polar surface area (TPSA) is 110 Å². The van der Waals surface area contributed by atoms with E-state index in [1.165, 1.54) is 36.4 Å². The average molecular weight is 363 g/mol. The molecule has 132 valence electrons. The summed E-state index contributed by atoms with van der Waals surface area (Å²) in [5.74, 6) is -1.70. The number of carbonyl (C=O) groups excluding carboxylic acids is 1. The Morgan fingerprint density at radius 1 is 1.12 bits per heavy atom. The molecule has 0 spiro atoms. The highest BCUT2D eigenvalue weighted by Crippen LogP contribution is 2.20. The van der Waals surface area contributed by atoms with E-state index in [0.717, 1.165) is 6.07 Å². The molecule has 0 aliphatic rings. The molecule has 0 aliphatic carbocycles. The molecule has 0 heterocycles. The van der Waals surface area contributed by atoms with E-state index in [1.807, 2.05) is 0 Å². The van der Waals surface area contributed by atoms with Crippen LogP contribution in [0.5, 0.6) is 0 Å². The van der Waals surface area contributed by atoms with Gasteiger partial charge in [0.25, 0.3) is 10.0 Å². The lowest BCUT2D eigenvalue weighted by atomic mass is 10.1. The normalized spacial score (nSPS) is 11.0. The number of aryl methyl sites for hydroxylation is 1. The van der Waals surface area contributed by atoms with Gasteiger partial charge in [0.1, 0.15) is 0 Å². The molecule has 0 bridgehead atoms. The molecule has 0 aromatic heterocycles. The Balaban J connectivity index is 2.26. The second kappa shape index (κ2) is 7.35. The van der Waals surface area contributed by atoms with Crippen LogP contribution in [0, 0.1) is 6.92 Å². The number of benzene rings is 2. The zero-order valence-electron chi connectivity index (χ0n) is 13.6. The second-order valence-corrected chi connectivity index (χ2v) is 6.87. The van der Waals surface area contributed by atoms with Crippen LogP contribution in [-0.2, 0) is 14.8 Å². The number of sulfonamides is 1. The zero-order valence-corrected chi connectivity index (χ0v) is 14.5. The number of ether oxygens (including phenoxy) is 1. The van der Waals surface area contributed by atoms with Crippen molar-refractivity contribution in [3.05, 3.63) is 59.2 Å². The number of hydrogen-bond acceptors (Lipinski definition) is 5. The molecule has 0 amide bonds. The standard InChI is InChI=1S/C17H17NO6S/c1-3-24-17(21)12-5-7-13(8-6-12)18-25(22,23)14-9-4-11(2)15(10-14)16(19)20/h4-10,18H,3H2,1-2H3,(H,19,20). The smallest absolute Gasteiger partial charge is 0.338 e. The minimum absolute atomic E-state index is 0.0828. The third kappa shape index (κ3) is 4.36. The molecule has 2 N–H and O–H groups in total. The number of rotatable bonds is 6. The van der Waals surface area contributed by atoms with E-state index in [-0.39, 0.29) is 22.8 Å². The number of anilines is 1. The maximum absolute atomic E-state index is 12.4. The molecule has 0 radical (unpaired) electrons. The van der Waals surface area contributed by atoms with Crippen molar-refractivity contribution in [3.8, 4) is 0 Å². The van der Waals surface area contributed by atoms with E-state index >= 15 is 0 Å². The van der Waals surface area contributed by atoms with Crippen molar-refractivity contribution < 1.29 is 27.9 Å². The molecule has 0 saturated carbocycles. The Morgan fingerprint density at radius 2 is 1.76 bits per heavy atom. The highest BCUT2D eigenvalue weighted by molar-refractivity contribution is 7.92. The molecule has 0 aliphatic heterocycles. The third-order valence-corrected chi connectivity index (χ3v) is 4.78. The summed E-state index contributed by atoms with van der Waals surface area (Å²) in [4.78, 5) is 22.6. The van der Waals surface area contributed by atoms with Gasteiger partial charge >= 0.3 is 11.9 Å². The first-order valence-corrected chi connectivity index (χ1v) is 8.87. The summed E-state index contributed by atoms with van der Waals surface area (Å²) in [6, 6.07) is 9.60. The fourth-order valence-electron chi connectivity index (χ4n) is 2.10. The predicted molar refractivity (Wildman–Crippen MR) is 91.3 cm³/mol. The Kier molecular flexibility index (Phi) is 5.43. The highest BCUT2D eigenvalue weighted by atomic mass is 32.2. The number of carboxylic acids is 1. The molecule has 2 rings (SSSR count). The van der Waals surface area contributed by atoms with E-state index in [4.69, 9.17) is 9.84 Å². The van der Waals surface area contributed by atoms with Crippen molar-refractivity contribution in [2.75, 3.05) is 11.3 Å². The summed E-state index contributed by atoms with van der Waals surface area (Å²) >= 11 is 0. The molecule has 0 atom stereocenters. The number of aromatic carboxylic acids is 1. The number of hydrogen-bond donors (Lipinski definition) is 2. The molecule has 2 aromatic rings. The Hall–Kier alpha value is -2.87. The van der Waals surface area contributed by atoms with Gasteiger partial charge in [-0.2, -0.15) is 0 Å². The molecule has 8 heteroatoms. The third-order valence-electron chi connectivity index (χ3n) is 3.40. The van der Waals surface area contributed by atoms with Gasteiger partial charge in [0.2, 0.25) is 0 Å². The van der Waals surface area contributed by atoms with Gasteiger partial charge in [0, 0.05) is 5.69 Å². The fraction of sp³-hybridized carbons (Fsp3) is 0.176. The maximum Gasteiger partial charge on any atom is 0.338 e. The number of nitrogens with one attached hydrogen (secondary N) is 1. The van der Waals surface area contributed by atoms with Crippen molar-refractivity contribution in [2.24, 2.45) is 0 Å². The van der Waals surface area contributed by atoms with Crippen LogP contribution >= 0.6 is 0 Å². The van der Waals surface area contributed by atoms with Crippen molar-refractivity contribution in [1.82, 2.24) is 0 Å². The van der Waals surface area contributed by atoms with E-state index in [9.17, 15) is 18.0 Å². The van der Waals surface area contributed by atoms with E-state index in [1.54, 1.807) is 13.8 Å². The minimum atomic E-state index is -3.96. The van der Waals surface area contributed by atoms with Gasteiger partial charge in [-0.05, 0) is 55.8 Å². The van der Waals surface area contributed by atoms with Crippen LogP contribution in [-0.4, -0.2) is 32.1 Å². The number of esters is 1. The van der Waals surface area contributed by atoms with Crippen LogP contribution in [0.3, 0.4) is 0 Å². The average Bonchev–Trinajstić information content (AvgIpc) is 2.55. The molecule has 7 nitrogen and oxygen atoms in total. The zero-order chi connectivity index (χ0) is 18.6. The first kappa shape index (κ1) is 18.5. The molecule has 2 aromatic carbocycles. The van der Waals surface area contributed by atoms with Gasteiger partial charge < -0.3 is 9.84 Å². The summed E-state index contributed by atoms with van der Waals surface area (Å²) in [6.07, 6.45) is 0. The van der Waals surface area contributed by atoms with Crippen molar-refractivity contribution >= 4 is 27.6 Å².